The SMILES string of the molecule is CC(C)(C)C1=CC(c2ccc(C3=[N+]([O-])C(C)(C)C(C)(C)[N+]3=O)nc2)=CC(=O)C1=O.CO.CO.CO.CO.CO.Cc1cc(-c2ccc(C(C)C)cc2)nn1[BH-](n1nc(-c2ccc(C(C)C)cc2)cc1C)n1nc(-c2ccc(C(C)C)cc2)cc1C.[Zn]. The van der Waals surface area contributed by atoms with Gasteiger partial charge < -0.3 is 44.5 Å². The van der Waals surface area contributed by atoms with Gasteiger partial charge in [0.15, 0.2) is 0 Å². The minimum Gasteiger partial charge on any atom is -0.618 e. The molecule has 460 valence electrons. The van der Waals surface area contributed by atoms with Crippen LogP contribution in [0.2, 0.25) is 0 Å². The first kappa shape index (κ1) is 74.9. The molecular weight excluding hydrogens is 1140 g/mol. The van der Waals surface area contributed by atoms with Gasteiger partial charge >= 0.3 is 13.0 Å². The van der Waals surface area contributed by atoms with Crippen molar-refractivity contribution in [2.75, 3.05) is 35.5 Å². The fraction of sp³-hybridized carbons (Fsp3) is 0.409. The van der Waals surface area contributed by atoms with Gasteiger partial charge in [0, 0.05) is 122 Å². The molecule has 20 heteroatoms. The zero-order chi connectivity index (χ0) is 64.6. The van der Waals surface area contributed by atoms with Crippen molar-refractivity contribution in [1.82, 2.24) is 34.1 Å². The van der Waals surface area contributed by atoms with Crippen LogP contribution in [-0.4, -0.2) is 140 Å². The van der Waals surface area contributed by atoms with Gasteiger partial charge in [-0.1, -0.05) is 141 Å². The van der Waals surface area contributed by atoms with Crippen molar-refractivity contribution in [3.05, 3.63) is 182 Å². The number of Topliss-reactive ketones (excluding diaryl/α,β-unsaturated/α-hetero) is 1. The second-order valence-electron chi connectivity index (χ2n) is 23.3. The maximum atomic E-state index is 12.8. The second-order valence-corrected chi connectivity index (χ2v) is 23.3. The van der Waals surface area contributed by atoms with Crippen LogP contribution in [0.25, 0.3) is 39.3 Å². The molecule has 3 aromatic carbocycles. The molecule has 5 heterocycles. The molecule has 0 saturated carbocycles. The monoisotopic (exact) mass is 1230 g/mol. The van der Waals surface area contributed by atoms with E-state index in [0.717, 1.165) is 86.4 Å². The summed E-state index contributed by atoms with van der Waals surface area (Å²) in [6, 6.07) is 36.2. The first-order valence-electron chi connectivity index (χ1n) is 28.4. The number of aromatic nitrogens is 7. The fourth-order valence-electron chi connectivity index (χ4n) is 9.65. The Morgan fingerprint density at radius 2 is 0.837 bits per heavy atom. The van der Waals surface area contributed by atoms with E-state index in [0.29, 0.717) is 44.0 Å². The topological polar surface area (TPSA) is 248 Å². The number of hydrogen-bond acceptors (Lipinski definition) is 13. The number of carbonyl (C=O) groups is 2. The number of hydroxylamine groups is 1. The van der Waals surface area contributed by atoms with E-state index in [1.165, 1.54) is 29.0 Å². The van der Waals surface area contributed by atoms with E-state index in [9.17, 15) is 19.7 Å². The predicted octanol–water partition coefficient (Wildman–Crippen LogP) is 10.5. The summed E-state index contributed by atoms with van der Waals surface area (Å²) >= 11 is 0. The van der Waals surface area contributed by atoms with E-state index in [2.05, 4.69) is 172 Å². The molecule has 0 amide bonds. The minimum atomic E-state index is -1.61. The molecule has 0 fully saturated rings. The molecule has 5 N–H and O–H groups in total. The van der Waals surface area contributed by atoms with Gasteiger partial charge in [0.1, 0.15) is 4.76 Å². The molecule has 0 spiro atoms. The largest absolute Gasteiger partial charge is 0.618 e. The second kappa shape index (κ2) is 32.5. The van der Waals surface area contributed by atoms with E-state index in [1.807, 2.05) is 20.8 Å². The van der Waals surface area contributed by atoms with Gasteiger partial charge in [-0.05, 0) is 120 Å². The molecule has 18 nitrogen and oxygen atoms in total. The predicted molar refractivity (Wildman–Crippen MR) is 343 cm³/mol. The van der Waals surface area contributed by atoms with Crippen LogP contribution in [0.5, 0.6) is 0 Å². The molecule has 2 aliphatic rings. The smallest absolute Gasteiger partial charge is 0.523 e. The Balaban J connectivity index is 0.000000545. The number of hydrogen-bond donors (Lipinski definition) is 5. The molecule has 0 unspecified atom stereocenters. The Morgan fingerprint density at radius 1 is 0.512 bits per heavy atom. The number of pyridine rings is 1. The fourth-order valence-corrected chi connectivity index (χ4v) is 9.65. The number of rotatable bonds is 11. The van der Waals surface area contributed by atoms with Crippen LogP contribution in [-0.2, 0) is 29.1 Å². The van der Waals surface area contributed by atoms with Crippen LogP contribution >= 0.6 is 0 Å². The number of allylic oxidation sites excluding steroid dienone is 4. The summed E-state index contributed by atoms with van der Waals surface area (Å²) in [6.45, 7) is 32.3. The third-order valence-electron chi connectivity index (χ3n) is 15.5. The summed E-state index contributed by atoms with van der Waals surface area (Å²) in [7, 11) is 3.39. The van der Waals surface area contributed by atoms with Crippen molar-refractivity contribution in [2.24, 2.45) is 5.41 Å². The number of aryl methyl sites for hydroxylation is 3. The van der Waals surface area contributed by atoms with E-state index in [4.69, 9.17) is 40.8 Å². The van der Waals surface area contributed by atoms with Crippen LogP contribution in [0.1, 0.15) is 153 Å². The molecular formula is C66H92BN9O9Zn. The summed E-state index contributed by atoms with van der Waals surface area (Å²) in [4.78, 5) is 41.4. The molecule has 0 saturated heterocycles. The average Bonchev–Trinajstić information content (AvgIpc) is 1.63. The molecule has 0 atom stereocenters. The standard InChI is InChI=1S/C39H46BN6.C22H26N3O4.5CH4O.Zn/c1-25(2)31-10-16-34(17-11-31)37-22-28(7)44(41-37)40(45-29(8)23-38(42-45)35-18-12-32(13-19-35)26(3)4)46-30(9)24-39(43-46)36-20-14-33(15-21-36)27(5)6;1-20(2,3)15-10-14(11-17(26)18(15)27)13-8-9-16(23-12-13)19-24(28)21(4,5)22(6,7)25(19)29;5*1-2;/h10-27,40H,1-9H3;8-12H,1-7H3;5*2H,1H3;/q-1;+1;;;;;;. The number of aliphatic hydroxyl groups is 5. The van der Waals surface area contributed by atoms with E-state index >= 15 is 0 Å². The zero-order valence-corrected chi connectivity index (χ0v) is 57.6. The molecule has 1 aliphatic heterocycles. The molecule has 0 radical (unpaired) electrons. The van der Waals surface area contributed by atoms with Gasteiger partial charge in [-0.2, -0.15) is 0 Å². The summed E-state index contributed by atoms with van der Waals surface area (Å²) in [5, 5.41) is 63.5. The molecule has 9 rings (SSSR count). The Bertz CT molecular complexity index is 3210. The van der Waals surface area contributed by atoms with Crippen molar-refractivity contribution in [2.45, 2.75) is 140 Å². The molecule has 1 aliphatic carbocycles. The number of amidine groups is 1. The third-order valence-corrected chi connectivity index (χ3v) is 15.5. The summed E-state index contributed by atoms with van der Waals surface area (Å²) in [5.41, 5.74) is 12.9. The van der Waals surface area contributed by atoms with Gasteiger partial charge in [0.05, 0.1) is 17.1 Å². The van der Waals surface area contributed by atoms with E-state index in [1.54, 1.807) is 45.9 Å². The van der Waals surface area contributed by atoms with Crippen LogP contribution in [0.15, 0.2) is 127 Å². The molecule has 0 bridgehead atoms. The van der Waals surface area contributed by atoms with Crippen molar-refractivity contribution < 1.29 is 64.1 Å². The van der Waals surface area contributed by atoms with Crippen LogP contribution in [0.3, 0.4) is 0 Å². The van der Waals surface area contributed by atoms with Crippen molar-refractivity contribution in [1.29, 1.82) is 0 Å². The Labute approximate surface area is 522 Å². The summed E-state index contributed by atoms with van der Waals surface area (Å²) < 4.78 is 7.85. The number of nitroso groups, excluding NO2 is 1. The van der Waals surface area contributed by atoms with Gasteiger partial charge in [-0.15, -0.1) is 4.74 Å². The quantitative estimate of drug-likeness (QED) is 0.0266. The third kappa shape index (κ3) is 16.5. The van der Waals surface area contributed by atoms with Gasteiger partial charge in [0.25, 0.3) is 5.54 Å². The summed E-state index contributed by atoms with van der Waals surface area (Å²) in [6.07, 6.45) is 4.51. The zero-order valence-electron chi connectivity index (χ0n) is 54.6. The van der Waals surface area contributed by atoms with Crippen LogP contribution in [0, 0.1) is 36.3 Å². The van der Waals surface area contributed by atoms with Crippen molar-refractivity contribution in [3.8, 4) is 33.8 Å². The maximum Gasteiger partial charge on any atom is 0.523 e. The maximum absolute atomic E-state index is 12.8. The number of nitrogens with zero attached hydrogens (tertiary/aromatic N) is 9. The van der Waals surface area contributed by atoms with E-state index < -0.39 is 35.2 Å². The first-order valence-corrected chi connectivity index (χ1v) is 28.4. The number of benzene rings is 3. The Kier molecular flexibility index (Phi) is 28.3. The minimum absolute atomic E-state index is 0. The van der Waals surface area contributed by atoms with Gasteiger partial charge in [-0.3, -0.25) is 9.59 Å². The number of ketones is 2. The number of aliphatic hydroxyl groups excluding tert-OH is 5. The normalized spacial score (nSPS) is 14.0. The van der Waals surface area contributed by atoms with Crippen LogP contribution in [0.4, 0.5) is 0 Å². The van der Waals surface area contributed by atoms with Crippen LogP contribution < -0.4 is 0 Å². The van der Waals surface area contributed by atoms with Gasteiger partial charge in [0.2, 0.25) is 22.8 Å². The Morgan fingerprint density at radius 3 is 1.10 bits per heavy atom. The number of carbonyl (C=O) groups excluding carboxylic acids is 2. The Hall–Kier alpha value is -7.18. The first-order chi connectivity index (χ1) is 40.2. The van der Waals surface area contributed by atoms with E-state index in [-0.39, 0.29) is 31.0 Å². The summed E-state index contributed by atoms with van der Waals surface area (Å²) in [5.74, 6) is 0.349. The van der Waals surface area contributed by atoms with Crippen molar-refractivity contribution in [3.63, 3.8) is 0 Å². The van der Waals surface area contributed by atoms with Crippen molar-refractivity contribution >= 4 is 30.1 Å². The van der Waals surface area contributed by atoms with Gasteiger partial charge in [-0.25, -0.2) is 20.3 Å². The average molecular weight is 1230 g/mol. The molecule has 7 aromatic rings. The molecule has 86 heavy (non-hydrogen) atoms. The molecule has 4 aromatic heterocycles.